The van der Waals surface area contributed by atoms with E-state index in [-0.39, 0.29) is 10.9 Å². The van der Waals surface area contributed by atoms with Gasteiger partial charge in [0.2, 0.25) is 0 Å². The van der Waals surface area contributed by atoms with Gasteiger partial charge in [-0.15, -0.1) is 0 Å². The van der Waals surface area contributed by atoms with E-state index >= 15 is 0 Å². The van der Waals surface area contributed by atoms with Crippen LogP contribution in [0.1, 0.15) is 45.3 Å². The van der Waals surface area contributed by atoms with E-state index in [1.54, 1.807) is 0 Å². The minimum Gasteiger partial charge on any atom is -0.491 e. The maximum atomic E-state index is 10.6. The first-order chi connectivity index (χ1) is 8.51. The fourth-order valence-electron chi connectivity index (χ4n) is 2.40. The van der Waals surface area contributed by atoms with Gasteiger partial charge in [0.05, 0.1) is 12.2 Å². The molecule has 18 heavy (non-hydrogen) atoms. The van der Waals surface area contributed by atoms with E-state index < -0.39 is 6.10 Å². The molecule has 1 N–H and O–H groups in total. The van der Waals surface area contributed by atoms with E-state index in [4.69, 9.17) is 4.74 Å². The number of hydrogen-bond acceptors (Lipinski definition) is 3. The molecule has 1 aromatic carbocycles. The SMILES string of the molecule is CC(C)Oc1cccc(C(O)C2(C)CCCS2)c1. The van der Waals surface area contributed by atoms with E-state index in [2.05, 4.69) is 6.92 Å². The minimum atomic E-state index is -0.416. The second-order valence-corrected chi connectivity index (χ2v) is 7.04. The van der Waals surface area contributed by atoms with Gasteiger partial charge in [-0.3, -0.25) is 0 Å². The molecule has 0 spiro atoms. The molecule has 2 rings (SSSR count). The van der Waals surface area contributed by atoms with Crippen LogP contribution < -0.4 is 4.74 Å². The smallest absolute Gasteiger partial charge is 0.120 e. The number of rotatable bonds is 4. The molecule has 1 aromatic rings. The Kier molecular flexibility index (Phi) is 4.23. The fourth-order valence-corrected chi connectivity index (χ4v) is 3.74. The summed E-state index contributed by atoms with van der Waals surface area (Å²) in [5, 5.41) is 10.6. The Morgan fingerprint density at radius 3 is 2.78 bits per heavy atom. The highest BCUT2D eigenvalue weighted by Crippen LogP contribution is 2.46. The number of ether oxygens (including phenoxy) is 1. The Morgan fingerprint density at radius 2 is 2.17 bits per heavy atom. The molecule has 100 valence electrons. The third kappa shape index (κ3) is 3.01. The van der Waals surface area contributed by atoms with E-state index in [0.29, 0.717) is 0 Å². The first-order valence-electron chi connectivity index (χ1n) is 6.60. The predicted molar refractivity (Wildman–Crippen MR) is 77.3 cm³/mol. The number of hydrogen-bond donors (Lipinski definition) is 1. The molecule has 2 unspecified atom stereocenters. The summed E-state index contributed by atoms with van der Waals surface area (Å²) in [5.74, 6) is 1.99. The van der Waals surface area contributed by atoms with Gasteiger partial charge in [0, 0.05) is 4.75 Å². The normalized spacial score (nSPS) is 25.4. The summed E-state index contributed by atoms with van der Waals surface area (Å²) in [7, 11) is 0. The monoisotopic (exact) mass is 266 g/mol. The van der Waals surface area contributed by atoms with Crippen LogP contribution in [0, 0.1) is 0 Å². The molecule has 0 saturated carbocycles. The highest BCUT2D eigenvalue weighted by atomic mass is 32.2. The molecule has 0 aliphatic carbocycles. The van der Waals surface area contributed by atoms with Gasteiger partial charge in [-0.1, -0.05) is 12.1 Å². The summed E-state index contributed by atoms with van der Waals surface area (Å²) < 4.78 is 5.64. The van der Waals surface area contributed by atoms with Crippen LogP contribution in [0.4, 0.5) is 0 Å². The van der Waals surface area contributed by atoms with Crippen molar-refractivity contribution in [2.24, 2.45) is 0 Å². The molecule has 1 saturated heterocycles. The second-order valence-electron chi connectivity index (χ2n) is 5.41. The summed E-state index contributed by atoms with van der Waals surface area (Å²) in [6, 6.07) is 7.86. The van der Waals surface area contributed by atoms with Crippen LogP contribution in [-0.4, -0.2) is 21.7 Å². The van der Waals surface area contributed by atoms with Crippen LogP contribution in [0.5, 0.6) is 5.75 Å². The molecule has 1 aliphatic heterocycles. The lowest BCUT2D eigenvalue weighted by Crippen LogP contribution is -2.26. The maximum absolute atomic E-state index is 10.6. The van der Waals surface area contributed by atoms with Gasteiger partial charge < -0.3 is 9.84 Å². The average molecular weight is 266 g/mol. The fraction of sp³-hybridized carbons (Fsp3) is 0.600. The van der Waals surface area contributed by atoms with Crippen molar-refractivity contribution in [2.45, 2.75) is 50.6 Å². The molecular weight excluding hydrogens is 244 g/mol. The summed E-state index contributed by atoms with van der Waals surface area (Å²) in [5.41, 5.74) is 0.963. The first kappa shape index (κ1) is 13.8. The molecule has 1 fully saturated rings. The zero-order valence-corrected chi connectivity index (χ0v) is 12.2. The molecule has 3 heteroatoms. The minimum absolute atomic E-state index is 0.0452. The average Bonchev–Trinajstić information content (AvgIpc) is 2.76. The number of thioether (sulfide) groups is 1. The maximum Gasteiger partial charge on any atom is 0.120 e. The Labute approximate surface area is 114 Å². The molecule has 0 amide bonds. The van der Waals surface area contributed by atoms with Crippen molar-refractivity contribution in [3.8, 4) is 5.75 Å². The second kappa shape index (κ2) is 5.54. The Bertz CT molecular complexity index is 397. The lowest BCUT2D eigenvalue weighted by atomic mass is 9.93. The number of benzene rings is 1. The molecule has 1 heterocycles. The van der Waals surface area contributed by atoms with E-state index in [1.807, 2.05) is 49.9 Å². The van der Waals surface area contributed by atoms with Crippen molar-refractivity contribution in [3.63, 3.8) is 0 Å². The van der Waals surface area contributed by atoms with E-state index in [1.165, 1.54) is 6.42 Å². The van der Waals surface area contributed by atoms with Crippen LogP contribution in [0.15, 0.2) is 24.3 Å². The van der Waals surface area contributed by atoms with Gasteiger partial charge in [0.25, 0.3) is 0 Å². The lowest BCUT2D eigenvalue weighted by molar-refractivity contribution is 0.134. The summed E-state index contributed by atoms with van der Waals surface area (Å²) >= 11 is 1.88. The third-order valence-electron chi connectivity index (χ3n) is 3.37. The van der Waals surface area contributed by atoms with Crippen molar-refractivity contribution in [1.29, 1.82) is 0 Å². The van der Waals surface area contributed by atoms with Gasteiger partial charge in [-0.2, -0.15) is 11.8 Å². The van der Waals surface area contributed by atoms with Gasteiger partial charge in [-0.05, 0) is 57.1 Å². The predicted octanol–water partition coefficient (Wildman–Crippen LogP) is 3.79. The molecular formula is C15H22O2S. The van der Waals surface area contributed by atoms with Crippen molar-refractivity contribution < 1.29 is 9.84 Å². The zero-order chi connectivity index (χ0) is 13.2. The molecule has 2 nitrogen and oxygen atoms in total. The summed E-state index contributed by atoms with van der Waals surface area (Å²) in [6.07, 6.45) is 2.02. The molecule has 1 aliphatic rings. The van der Waals surface area contributed by atoms with Crippen LogP contribution >= 0.6 is 11.8 Å². The van der Waals surface area contributed by atoms with Gasteiger partial charge in [0.1, 0.15) is 5.75 Å². The third-order valence-corrected chi connectivity index (χ3v) is 4.95. The topological polar surface area (TPSA) is 29.5 Å². The van der Waals surface area contributed by atoms with Crippen LogP contribution in [-0.2, 0) is 0 Å². The Morgan fingerprint density at radius 1 is 1.39 bits per heavy atom. The van der Waals surface area contributed by atoms with Crippen LogP contribution in [0.2, 0.25) is 0 Å². The number of aliphatic hydroxyl groups excluding tert-OH is 1. The van der Waals surface area contributed by atoms with Crippen LogP contribution in [0.3, 0.4) is 0 Å². The Balaban J connectivity index is 2.17. The van der Waals surface area contributed by atoms with Gasteiger partial charge in [-0.25, -0.2) is 0 Å². The zero-order valence-electron chi connectivity index (χ0n) is 11.3. The highest BCUT2D eigenvalue weighted by molar-refractivity contribution is 8.00. The van der Waals surface area contributed by atoms with E-state index in [9.17, 15) is 5.11 Å². The highest BCUT2D eigenvalue weighted by Gasteiger charge is 2.37. The van der Waals surface area contributed by atoms with Gasteiger partial charge >= 0.3 is 0 Å². The molecule has 2 atom stereocenters. The molecule has 0 aromatic heterocycles. The van der Waals surface area contributed by atoms with Crippen molar-refractivity contribution in [3.05, 3.63) is 29.8 Å². The van der Waals surface area contributed by atoms with Crippen molar-refractivity contribution in [2.75, 3.05) is 5.75 Å². The van der Waals surface area contributed by atoms with Crippen molar-refractivity contribution in [1.82, 2.24) is 0 Å². The molecule has 0 radical (unpaired) electrons. The quantitative estimate of drug-likeness (QED) is 0.899. The standard InChI is InChI=1S/C15H22O2S/c1-11(2)17-13-7-4-6-12(10-13)14(16)15(3)8-5-9-18-15/h4,6-7,10-11,14,16H,5,8-9H2,1-3H3. The lowest BCUT2D eigenvalue weighted by Gasteiger charge is -2.29. The first-order valence-corrected chi connectivity index (χ1v) is 7.58. The van der Waals surface area contributed by atoms with Crippen molar-refractivity contribution >= 4 is 11.8 Å². The van der Waals surface area contributed by atoms with Crippen LogP contribution in [0.25, 0.3) is 0 Å². The van der Waals surface area contributed by atoms with Gasteiger partial charge in [0.15, 0.2) is 0 Å². The number of aliphatic hydroxyl groups is 1. The summed E-state index contributed by atoms with van der Waals surface area (Å²) in [4.78, 5) is 0. The summed E-state index contributed by atoms with van der Waals surface area (Å²) in [6.45, 7) is 6.18. The Hall–Kier alpha value is -0.670. The molecule has 0 bridgehead atoms. The van der Waals surface area contributed by atoms with E-state index in [0.717, 1.165) is 23.5 Å². The largest absolute Gasteiger partial charge is 0.491 e.